The molecule has 3 rings (SSSR count). The third-order valence-corrected chi connectivity index (χ3v) is 2.80. The van der Waals surface area contributed by atoms with Gasteiger partial charge >= 0.3 is 0 Å². The molecule has 14 heavy (non-hydrogen) atoms. The summed E-state index contributed by atoms with van der Waals surface area (Å²) in [6, 6.07) is -0.0342. The van der Waals surface area contributed by atoms with Gasteiger partial charge in [0, 0.05) is 29.6 Å². The van der Waals surface area contributed by atoms with Crippen LogP contribution in [-0.4, -0.2) is 18.2 Å². The highest BCUT2D eigenvalue weighted by Crippen LogP contribution is 2.36. The minimum absolute atomic E-state index is 0.0342. The van der Waals surface area contributed by atoms with E-state index in [2.05, 4.69) is 15.6 Å². The van der Waals surface area contributed by atoms with Gasteiger partial charge in [0.25, 0.3) is 0 Å². The van der Waals surface area contributed by atoms with Crippen molar-refractivity contribution in [2.45, 2.75) is 18.9 Å². The lowest BCUT2D eigenvalue weighted by molar-refractivity contribution is -0.105. The lowest BCUT2D eigenvalue weighted by atomic mass is 10.1. The lowest BCUT2D eigenvalue weighted by Gasteiger charge is -2.24. The second kappa shape index (κ2) is 2.70. The van der Waals surface area contributed by atoms with Crippen molar-refractivity contribution >= 4 is 12.1 Å². The molecule has 4 heteroatoms. The first-order valence-electron chi connectivity index (χ1n) is 4.84. The van der Waals surface area contributed by atoms with Crippen molar-refractivity contribution in [3.05, 3.63) is 23.7 Å². The number of aldehydes is 1. The van der Waals surface area contributed by atoms with E-state index in [0.29, 0.717) is 11.5 Å². The number of aliphatic imine (C=N–C) groups is 1. The molecule has 0 aromatic rings. The first kappa shape index (κ1) is 7.79. The molecule has 0 aromatic carbocycles. The van der Waals surface area contributed by atoms with Crippen LogP contribution in [0.25, 0.3) is 0 Å². The summed E-state index contributed by atoms with van der Waals surface area (Å²) in [5.41, 5.74) is 1.92. The summed E-state index contributed by atoms with van der Waals surface area (Å²) in [5, 5.41) is 6.48. The summed E-state index contributed by atoms with van der Waals surface area (Å²) in [6.07, 6.45) is 6.95. The number of amidine groups is 1. The van der Waals surface area contributed by atoms with Crippen molar-refractivity contribution in [1.82, 2.24) is 10.6 Å². The molecule has 0 amide bonds. The molecular formula is C10H11N3O. The van der Waals surface area contributed by atoms with Crippen molar-refractivity contribution in [2.75, 3.05) is 0 Å². The Hall–Kier alpha value is -1.58. The maximum Gasteiger partial charge on any atom is 0.150 e. The molecule has 1 saturated carbocycles. The van der Waals surface area contributed by atoms with Gasteiger partial charge in [-0.25, -0.2) is 4.99 Å². The van der Waals surface area contributed by atoms with Crippen molar-refractivity contribution in [3.63, 3.8) is 0 Å². The summed E-state index contributed by atoms with van der Waals surface area (Å²) in [4.78, 5) is 14.9. The minimum atomic E-state index is -0.0342. The third kappa shape index (κ3) is 1.07. The first-order valence-corrected chi connectivity index (χ1v) is 4.84. The molecule has 1 fully saturated rings. The predicted molar refractivity (Wildman–Crippen MR) is 52.4 cm³/mol. The fourth-order valence-corrected chi connectivity index (χ4v) is 1.81. The number of nitrogens with one attached hydrogen (secondary N) is 2. The van der Waals surface area contributed by atoms with Crippen LogP contribution >= 0.6 is 0 Å². The molecule has 1 atom stereocenters. The van der Waals surface area contributed by atoms with Crippen LogP contribution in [0.2, 0.25) is 0 Å². The zero-order valence-corrected chi connectivity index (χ0v) is 7.66. The van der Waals surface area contributed by atoms with E-state index in [1.807, 2.05) is 6.20 Å². The molecule has 0 radical (unpaired) electrons. The van der Waals surface area contributed by atoms with Crippen LogP contribution in [0.15, 0.2) is 28.7 Å². The van der Waals surface area contributed by atoms with E-state index in [1.165, 1.54) is 18.5 Å². The van der Waals surface area contributed by atoms with E-state index in [0.717, 1.165) is 12.1 Å². The molecular weight excluding hydrogens is 178 g/mol. The highest BCUT2D eigenvalue weighted by Gasteiger charge is 2.34. The van der Waals surface area contributed by atoms with Crippen LogP contribution < -0.4 is 10.6 Å². The number of hydrogen-bond acceptors (Lipinski definition) is 4. The fraction of sp³-hybridized carbons (Fsp3) is 0.400. The van der Waals surface area contributed by atoms with Gasteiger partial charge in [-0.1, -0.05) is 0 Å². The minimum Gasteiger partial charge on any atom is -0.373 e. The molecule has 0 bridgehead atoms. The number of rotatable bonds is 2. The van der Waals surface area contributed by atoms with E-state index in [-0.39, 0.29) is 6.04 Å². The summed E-state index contributed by atoms with van der Waals surface area (Å²) in [5.74, 6) is 1.49. The Morgan fingerprint density at radius 3 is 3.07 bits per heavy atom. The van der Waals surface area contributed by atoms with Crippen molar-refractivity contribution < 1.29 is 4.79 Å². The zero-order valence-electron chi connectivity index (χ0n) is 7.66. The molecule has 1 unspecified atom stereocenters. The molecule has 72 valence electrons. The average molecular weight is 189 g/mol. The Labute approximate surface area is 81.8 Å². The van der Waals surface area contributed by atoms with E-state index in [4.69, 9.17) is 0 Å². The number of allylic oxidation sites excluding steroid dienone is 1. The number of fused-ring (bicyclic) bond motifs is 1. The normalized spacial score (nSPS) is 29.1. The number of nitrogens with zero attached hydrogens (tertiary/aromatic N) is 1. The molecule has 1 aliphatic carbocycles. The second-order valence-corrected chi connectivity index (χ2v) is 3.86. The Bertz CT molecular complexity index is 377. The van der Waals surface area contributed by atoms with Crippen LogP contribution in [0.3, 0.4) is 0 Å². The number of hydrogen-bond donors (Lipinski definition) is 2. The Kier molecular flexibility index (Phi) is 1.50. The number of carbonyl (C=O) groups excluding carboxylic acids is 1. The standard InChI is InChI=1S/C10H11N3O/c14-5-7-3-11-10-9(7)13-8(4-12-10)6-1-2-6/h3-6,9,13H,1-2H2,(H,11,12). The lowest BCUT2D eigenvalue weighted by Crippen LogP contribution is -2.46. The topological polar surface area (TPSA) is 53.5 Å². The van der Waals surface area contributed by atoms with E-state index >= 15 is 0 Å². The summed E-state index contributed by atoms with van der Waals surface area (Å²) < 4.78 is 0. The molecule has 2 aliphatic heterocycles. The van der Waals surface area contributed by atoms with Gasteiger partial charge < -0.3 is 10.6 Å². The van der Waals surface area contributed by atoms with Gasteiger partial charge in [0.05, 0.1) is 0 Å². The summed E-state index contributed by atoms with van der Waals surface area (Å²) in [7, 11) is 0. The van der Waals surface area contributed by atoms with Gasteiger partial charge in [-0.05, 0) is 12.8 Å². The number of carbonyl (C=O) groups is 1. The monoisotopic (exact) mass is 189 g/mol. The van der Waals surface area contributed by atoms with Gasteiger partial charge in [-0.2, -0.15) is 0 Å². The second-order valence-electron chi connectivity index (χ2n) is 3.86. The highest BCUT2D eigenvalue weighted by molar-refractivity contribution is 6.01. The van der Waals surface area contributed by atoms with Gasteiger partial charge in [-0.15, -0.1) is 0 Å². The quantitative estimate of drug-likeness (QED) is 0.614. The molecule has 2 N–H and O–H groups in total. The molecule has 0 aromatic heterocycles. The van der Waals surface area contributed by atoms with Crippen LogP contribution in [0.4, 0.5) is 0 Å². The molecule has 0 spiro atoms. The first-order chi connectivity index (χ1) is 6.88. The maximum atomic E-state index is 10.7. The molecule has 4 nitrogen and oxygen atoms in total. The van der Waals surface area contributed by atoms with Crippen LogP contribution in [0.5, 0.6) is 0 Å². The van der Waals surface area contributed by atoms with Gasteiger partial charge in [0.1, 0.15) is 18.2 Å². The Morgan fingerprint density at radius 2 is 2.36 bits per heavy atom. The zero-order chi connectivity index (χ0) is 9.54. The Morgan fingerprint density at radius 1 is 1.50 bits per heavy atom. The van der Waals surface area contributed by atoms with Gasteiger partial charge in [0.15, 0.2) is 0 Å². The average Bonchev–Trinajstić information content (AvgIpc) is 2.98. The highest BCUT2D eigenvalue weighted by atomic mass is 16.1. The maximum absolute atomic E-state index is 10.7. The Balaban J connectivity index is 1.84. The largest absolute Gasteiger partial charge is 0.373 e. The third-order valence-electron chi connectivity index (χ3n) is 2.80. The van der Waals surface area contributed by atoms with E-state index < -0.39 is 0 Å². The van der Waals surface area contributed by atoms with Crippen molar-refractivity contribution in [1.29, 1.82) is 0 Å². The van der Waals surface area contributed by atoms with Crippen molar-refractivity contribution in [3.8, 4) is 0 Å². The van der Waals surface area contributed by atoms with Gasteiger partial charge in [-0.3, -0.25) is 4.79 Å². The molecule has 2 heterocycles. The van der Waals surface area contributed by atoms with E-state index in [1.54, 1.807) is 6.20 Å². The molecule has 0 saturated heterocycles. The summed E-state index contributed by atoms with van der Waals surface area (Å²) >= 11 is 0. The SMILES string of the molecule is O=CC1=CN=C2NC=C(C3CC3)NC12. The van der Waals surface area contributed by atoms with Crippen LogP contribution in [0, 0.1) is 5.92 Å². The van der Waals surface area contributed by atoms with Crippen LogP contribution in [0.1, 0.15) is 12.8 Å². The van der Waals surface area contributed by atoms with Gasteiger partial charge in [0.2, 0.25) is 0 Å². The smallest absolute Gasteiger partial charge is 0.150 e. The van der Waals surface area contributed by atoms with Crippen LogP contribution in [-0.2, 0) is 4.79 Å². The van der Waals surface area contributed by atoms with Crippen molar-refractivity contribution in [2.24, 2.45) is 10.9 Å². The summed E-state index contributed by atoms with van der Waals surface area (Å²) in [6.45, 7) is 0. The van der Waals surface area contributed by atoms with E-state index in [9.17, 15) is 4.79 Å². The molecule has 3 aliphatic rings. The fourth-order valence-electron chi connectivity index (χ4n) is 1.81. The predicted octanol–water partition coefficient (Wildman–Crippen LogP) is 0.294.